The third-order valence-electron chi connectivity index (χ3n) is 4.30. The Morgan fingerprint density at radius 2 is 1.73 bits per heavy atom. The second-order valence-electron chi connectivity index (χ2n) is 6.20. The molecule has 0 heterocycles. The standard InChI is InChI=1S/C22H21NO3/c1-15-10-12-21(26-2)18(14-15)20(24)11-13-22(25)23-19-9-5-7-16-6-3-4-8-17(16)19/h3-10,12,14H,11,13H2,1-2H3,(H,23,25). The molecule has 0 spiro atoms. The van der Waals surface area contributed by atoms with Crippen LogP contribution in [-0.2, 0) is 4.79 Å². The second-order valence-corrected chi connectivity index (χ2v) is 6.20. The maximum atomic E-state index is 12.5. The molecule has 0 fully saturated rings. The Kier molecular flexibility index (Phi) is 5.32. The van der Waals surface area contributed by atoms with E-state index in [2.05, 4.69) is 5.32 Å². The third kappa shape index (κ3) is 3.91. The summed E-state index contributed by atoms with van der Waals surface area (Å²) in [7, 11) is 1.54. The summed E-state index contributed by atoms with van der Waals surface area (Å²) >= 11 is 0. The first-order valence-electron chi connectivity index (χ1n) is 8.54. The van der Waals surface area contributed by atoms with E-state index in [-0.39, 0.29) is 24.5 Å². The van der Waals surface area contributed by atoms with Gasteiger partial charge in [-0.25, -0.2) is 0 Å². The zero-order valence-corrected chi connectivity index (χ0v) is 14.9. The highest BCUT2D eigenvalue weighted by atomic mass is 16.5. The van der Waals surface area contributed by atoms with E-state index in [9.17, 15) is 9.59 Å². The fourth-order valence-corrected chi connectivity index (χ4v) is 2.95. The van der Waals surface area contributed by atoms with E-state index in [1.165, 1.54) is 7.11 Å². The molecule has 0 saturated carbocycles. The van der Waals surface area contributed by atoms with Gasteiger partial charge < -0.3 is 10.1 Å². The van der Waals surface area contributed by atoms with Gasteiger partial charge in [0.05, 0.1) is 12.7 Å². The largest absolute Gasteiger partial charge is 0.496 e. The Morgan fingerprint density at radius 1 is 0.962 bits per heavy atom. The smallest absolute Gasteiger partial charge is 0.224 e. The highest BCUT2D eigenvalue weighted by Crippen LogP contribution is 2.24. The molecule has 1 N–H and O–H groups in total. The van der Waals surface area contributed by atoms with Crippen molar-refractivity contribution in [2.45, 2.75) is 19.8 Å². The molecule has 3 aromatic carbocycles. The van der Waals surface area contributed by atoms with Crippen LogP contribution in [0.25, 0.3) is 10.8 Å². The highest BCUT2D eigenvalue weighted by Gasteiger charge is 2.15. The first-order valence-corrected chi connectivity index (χ1v) is 8.54. The molecule has 0 aliphatic carbocycles. The molecule has 0 saturated heterocycles. The van der Waals surface area contributed by atoms with Crippen molar-refractivity contribution in [1.29, 1.82) is 0 Å². The summed E-state index contributed by atoms with van der Waals surface area (Å²) < 4.78 is 5.25. The van der Waals surface area contributed by atoms with Crippen LogP contribution in [0.2, 0.25) is 0 Å². The number of ether oxygens (including phenoxy) is 1. The van der Waals surface area contributed by atoms with E-state index < -0.39 is 0 Å². The van der Waals surface area contributed by atoms with Gasteiger partial charge in [0, 0.05) is 23.9 Å². The first kappa shape index (κ1) is 17.7. The van der Waals surface area contributed by atoms with E-state index in [4.69, 9.17) is 4.74 Å². The number of carbonyl (C=O) groups excluding carboxylic acids is 2. The predicted octanol–water partition coefficient (Wildman–Crippen LogP) is 4.76. The highest BCUT2D eigenvalue weighted by molar-refractivity contribution is 6.05. The number of amides is 1. The van der Waals surface area contributed by atoms with Crippen molar-refractivity contribution < 1.29 is 14.3 Å². The van der Waals surface area contributed by atoms with Crippen molar-refractivity contribution >= 4 is 28.2 Å². The van der Waals surface area contributed by atoms with Crippen LogP contribution < -0.4 is 10.1 Å². The van der Waals surface area contributed by atoms with Crippen LogP contribution >= 0.6 is 0 Å². The Bertz CT molecular complexity index is 957. The molecule has 0 aromatic heterocycles. The van der Waals surface area contributed by atoms with E-state index in [1.54, 1.807) is 12.1 Å². The third-order valence-corrected chi connectivity index (χ3v) is 4.30. The lowest BCUT2D eigenvalue weighted by molar-refractivity contribution is -0.116. The molecule has 1 amide bonds. The number of nitrogens with one attached hydrogen (secondary N) is 1. The minimum Gasteiger partial charge on any atom is -0.496 e. The Balaban J connectivity index is 1.67. The van der Waals surface area contributed by atoms with Gasteiger partial charge in [-0.2, -0.15) is 0 Å². The van der Waals surface area contributed by atoms with E-state index in [0.717, 1.165) is 22.0 Å². The molecule has 26 heavy (non-hydrogen) atoms. The maximum absolute atomic E-state index is 12.5. The number of hydrogen-bond acceptors (Lipinski definition) is 3. The van der Waals surface area contributed by atoms with E-state index in [0.29, 0.717) is 11.3 Å². The van der Waals surface area contributed by atoms with Gasteiger partial charge in [0.25, 0.3) is 0 Å². The summed E-state index contributed by atoms with van der Waals surface area (Å²) in [5.41, 5.74) is 2.26. The van der Waals surface area contributed by atoms with Crippen LogP contribution in [0.15, 0.2) is 60.7 Å². The minimum atomic E-state index is -0.179. The Hall–Kier alpha value is -3.14. The summed E-state index contributed by atoms with van der Waals surface area (Å²) in [6, 6.07) is 19.1. The molecule has 0 unspecified atom stereocenters. The van der Waals surface area contributed by atoms with Crippen molar-refractivity contribution in [2.75, 3.05) is 12.4 Å². The molecular weight excluding hydrogens is 326 g/mol. The zero-order valence-electron chi connectivity index (χ0n) is 14.9. The number of Topliss-reactive ketones (excluding diaryl/α,β-unsaturated/α-hetero) is 1. The van der Waals surface area contributed by atoms with Crippen LogP contribution in [0.1, 0.15) is 28.8 Å². The maximum Gasteiger partial charge on any atom is 0.224 e. The van der Waals surface area contributed by atoms with Crippen molar-refractivity contribution in [3.8, 4) is 5.75 Å². The second kappa shape index (κ2) is 7.83. The summed E-state index contributed by atoms with van der Waals surface area (Å²) in [6.45, 7) is 1.92. The van der Waals surface area contributed by atoms with Crippen LogP contribution in [0, 0.1) is 6.92 Å². The number of carbonyl (C=O) groups is 2. The minimum absolute atomic E-state index is 0.0985. The van der Waals surface area contributed by atoms with Gasteiger partial charge in [-0.15, -0.1) is 0 Å². The molecule has 132 valence electrons. The van der Waals surface area contributed by atoms with Crippen LogP contribution in [0.4, 0.5) is 5.69 Å². The number of anilines is 1. The van der Waals surface area contributed by atoms with Crippen molar-refractivity contribution in [1.82, 2.24) is 0 Å². The number of rotatable bonds is 6. The van der Waals surface area contributed by atoms with Gasteiger partial charge >= 0.3 is 0 Å². The fourth-order valence-electron chi connectivity index (χ4n) is 2.95. The fraction of sp³-hybridized carbons (Fsp3) is 0.182. The molecule has 0 radical (unpaired) electrons. The molecule has 3 aromatic rings. The topological polar surface area (TPSA) is 55.4 Å². The molecule has 4 nitrogen and oxygen atoms in total. The van der Waals surface area contributed by atoms with Gasteiger partial charge in [0.1, 0.15) is 5.75 Å². The van der Waals surface area contributed by atoms with Crippen molar-refractivity contribution in [2.24, 2.45) is 0 Å². The zero-order chi connectivity index (χ0) is 18.5. The van der Waals surface area contributed by atoms with E-state index in [1.807, 2.05) is 55.5 Å². The molecule has 0 bridgehead atoms. The molecular formula is C22H21NO3. The first-order chi connectivity index (χ1) is 12.6. The number of hydrogen-bond donors (Lipinski definition) is 1. The number of ketones is 1. The quantitative estimate of drug-likeness (QED) is 0.654. The summed E-state index contributed by atoms with van der Waals surface area (Å²) in [6.07, 6.45) is 0.259. The number of benzene rings is 3. The Morgan fingerprint density at radius 3 is 2.54 bits per heavy atom. The molecule has 4 heteroatoms. The number of methoxy groups -OCH3 is 1. The van der Waals surface area contributed by atoms with Gasteiger partial charge in [0.15, 0.2) is 5.78 Å². The van der Waals surface area contributed by atoms with Crippen LogP contribution in [0.3, 0.4) is 0 Å². The molecule has 0 atom stereocenters. The monoisotopic (exact) mass is 347 g/mol. The number of fused-ring (bicyclic) bond motifs is 1. The normalized spacial score (nSPS) is 10.5. The van der Waals surface area contributed by atoms with Gasteiger partial charge in [-0.3, -0.25) is 9.59 Å². The SMILES string of the molecule is COc1ccc(C)cc1C(=O)CCC(=O)Nc1cccc2ccccc12. The van der Waals surface area contributed by atoms with Crippen LogP contribution in [0.5, 0.6) is 5.75 Å². The average Bonchev–Trinajstić information content (AvgIpc) is 2.66. The van der Waals surface area contributed by atoms with Gasteiger partial charge in [0.2, 0.25) is 5.91 Å². The number of aryl methyl sites for hydroxylation is 1. The van der Waals surface area contributed by atoms with Crippen molar-refractivity contribution in [3.05, 3.63) is 71.8 Å². The van der Waals surface area contributed by atoms with Crippen molar-refractivity contribution in [3.63, 3.8) is 0 Å². The summed E-state index contributed by atoms with van der Waals surface area (Å²) in [4.78, 5) is 24.8. The van der Waals surface area contributed by atoms with Gasteiger partial charge in [-0.05, 0) is 30.5 Å². The lowest BCUT2D eigenvalue weighted by Gasteiger charge is -2.10. The summed E-state index contributed by atoms with van der Waals surface area (Å²) in [5, 5.41) is 4.95. The van der Waals surface area contributed by atoms with Crippen LogP contribution in [-0.4, -0.2) is 18.8 Å². The van der Waals surface area contributed by atoms with Gasteiger partial charge in [-0.1, -0.05) is 48.0 Å². The average molecular weight is 347 g/mol. The molecule has 3 rings (SSSR count). The summed E-state index contributed by atoms with van der Waals surface area (Å²) in [5.74, 6) is 0.259. The predicted molar refractivity (Wildman–Crippen MR) is 104 cm³/mol. The molecule has 0 aliphatic heterocycles. The lowest BCUT2D eigenvalue weighted by atomic mass is 10.0. The Labute approximate surface area is 152 Å². The lowest BCUT2D eigenvalue weighted by Crippen LogP contribution is -2.14. The molecule has 0 aliphatic rings. The van der Waals surface area contributed by atoms with E-state index >= 15 is 0 Å².